The van der Waals surface area contributed by atoms with E-state index < -0.39 is 0 Å². The van der Waals surface area contributed by atoms with Crippen LogP contribution in [0.5, 0.6) is 0 Å². The molecule has 0 N–H and O–H groups in total. The van der Waals surface area contributed by atoms with Crippen molar-refractivity contribution in [2.24, 2.45) is 0 Å². The molecule has 3 heterocycles. The lowest BCUT2D eigenvalue weighted by Gasteiger charge is -2.16. The maximum absolute atomic E-state index is 6.65. The van der Waals surface area contributed by atoms with E-state index in [4.69, 9.17) is 19.4 Å². The molecule has 10 aromatic carbocycles. The lowest BCUT2D eigenvalue weighted by molar-refractivity contribution is 0.669. The zero-order valence-corrected chi connectivity index (χ0v) is 32.2. The summed E-state index contributed by atoms with van der Waals surface area (Å²) in [5.41, 5.74) is 7.49. The molecule has 0 atom stereocenters. The quantitative estimate of drug-likeness (QED) is 0.179. The fraction of sp³-hybridized carbons (Fsp3) is 0. The molecule has 3 aromatic heterocycles. The van der Waals surface area contributed by atoms with Gasteiger partial charge in [-0.05, 0) is 91.6 Å². The molecule has 0 amide bonds. The number of hydrogen-bond donors (Lipinski definition) is 0. The number of rotatable bonds is 4. The Bertz CT molecular complexity index is 3820. The molecule has 0 fully saturated rings. The van der Waals surface area contributed by atoms with Crippen LogP contribution in [0.3, 0.4) is 0 Å². The van der Waals surface area contributed by atoms with Crippen LogP contribution in [-0.2, 0) is 0 Å². The van der Waals surface area contributed by atoms with E-state index in [0.717, 1.165) is 76.9 Å². The van der Waals surface area contributed by atoms with Gasteiger partial charge in [0.2, 0.25) is 0 Å². The molecule has 278 valence electrons. The van der Waals surface area contributed by atoms with E-state index in [2.05, 4.69) is 187 Å². The maximum Gasteiger partial charge on any atom is 0.166 e. The summed E-state index contributed by atoms with van der Waals surface area (Å²) in [6, 6.07) is 68.7. The molecular weight excluding hydrogens is 733 g/mol. The van der Waals surface area contributed by atoms with E-state index in [9.17, 15) is 0 Å². The van der Waals surface area contributed by atoms with Crippen molar-refractivity contribution in [3.8, 4) is 39.9 Å². The number of aromatic nitrogens is 4. The number of furan rings is 1. The highest BCUT2D eigenvalue weighted by molar-refractivity contribution is 6.25. The van der Waals surface area contributed by atoms with Crippen LogP contribution < -0.4 is 0 Å². The smallest absolute Gasteiger partial charge is 0.166 e. The van der Waals surface area contributed by atoms with Gasteiger partial charge in [-0.3, -0.25) is 0 Å². The van der Waals surface area contributed by atoms with Gasteiger partial charge in [-0.1, -0.05) is 146 Å². The van der Waals surface area contributed by atoms with Crippen LogP contribution in [0, 0.1) is 0 Å². The fourth-order valence-electron chi connectivity index (χ4n) is 9.34. The highest BCUT2D eigenvalue weighted by Crippen LogP contribution is 2.45. The van der Waals surface area contributed by atoms with Gasteiger partial charge in [-0.25, -0.2) is 15.0 Å². The van der Waals surface area contributed by atoms with E-state index in [1.807, 2.05) is 12.1 Å². The first-order valence-corrected chi connectivity index (χ1v) is 20.3. The summed E-state index contributed by atoms with van der Waals surface area (Å²) < 4.78 is 9.08. The van der Waals surface area contributed by atoms with E-state index in [0.29, 0.717) is 17.5 Å². The van der Waals surface area contributed by atoms with Gasteiger partial charge in [-0.15, -0.1) is 0 Å². The van der Waals surface area contributed by atoms with Crippen molar-refractivity contribution in [2.75, 3.05) is 0 Å². The number of para-hydroxylation sites is 1. The van der Waals surface area contributed by atoms with Crippen LogP contribution in [0.4, 0.5) is 0 Å². The first-order chi connectivity index (χ1) is 29.7. The monoisotopic (exact) mass is 764 g/mol. The van der Waals surface area contributed by atoms with Gasteiger partial charge in [0.1, 0.15) is 11.2 Å². The number of benzene rings is 10. The normalized spacial score (nSPS) is 12.0. The summed E-state index contributed by atoms with van der Waals surface area (Å²) >= 11 is 0. The second kappa shape index (κ2) is 12.7. The van der Waals surface area contributed by atoms with E-state index >= 15 is 0 Å². The molecule has 5 heteroatoms. The predicted molar refractivity (Wildman–Crippen MR) is 248 cm³/mol. The average Bonchev–Trinajstić information content (AvgIpc) is 3.85. The van der Waals surface area contributed by atoms with Gasteiger partial charge in [-0.2, -0.15) is 0 Å². The Kier molecular flexibility index (Phi) is 6.95. The third kappa shape index (κ3) is 4.96. The summed E-state index contributed by atoms with van der Waals surface area (Å²) in [6.45, 7) is 0. The summed E-state index contributed by atoms with van der Waals surface area (Å²) in [6.07, 6.45) is 0. The highest BCUT2D eigenvalue weighted by atomic mass is 16.3. The first kappa shape index (κ1) is 32.9. The summed E-state index contributed by atoms with van der Waals surface area (Å²) in [7, 11) is 0. The summed E-state index contributed by atoms with van der Waals surface area (Å²) in [5, 5.41) is 13.8. The Hall–Kier alpha value is -8.15. The summed E-state index contributed by atoms with van der Waals surface area (Å²) in [5.74, 6) is 1.79. The number of nitrogens with zero attached hydrogens (tertiary/aromatic N) is 4. The SMILES string of the molecule is c1ccc2cc(-c3nc(-c4ccc5ccccc5c4)nc(-c4ccc5oc6ccccc6c5c4-n4c5cc6ccccc6cc5c5c6ccccc6ccc54)n3)ccc2c1. The van der Waals surface area contributed by atoms with Crippen LogP contribution in [0.1, 0.15) is 0 Å². The van der Waals surface area contributed by atoms with Gasteiger partial charge in [0.15, 0.2) is 17.5 Å². The lowest BCUT2D eigenvalue weighted by atomic mass is 10.0. The van der Waals surface area contributed by atoms with E-state index in [1.165, 1.54) is 32.3 Å². The Morgan fingerprint density at radius 1 is 0.333 bits per heavy atom. The van der Waals surface area contributed by atoms with Crippen molar-refractivity contribution in [3.63, 3.8) is 0 Å². The van der Waals surface area contributed by atoms with Gasteiger partial charge >= 0.3 is 0 Å². The Morgan fingerprint density at radius 3 is 1.55 bits per heavy atom. The molecule has 0 radical (unpaired) electrons. The minimum absolute atomic E-state index is 0.579. The van der Waals surface area contributed by atoms with Gasteiger partial charge in [0.25, 0.3) is 0 Å². The first-order valence-electron chi connectivity index (χ1n) is 20.3. The molecule has 60 heavy (non-hydrogen) atoms. The van der Waals surface area contributed by atoms with Crippen molar-refractivity contribution >= 4 is 86.8 Å². The molecule has 0 aliphatic rings. The number of fused-ring (bicyclic) bond motifs is 11. The second-order valence-electron chi connectivity index (χ2n) is 15.6. The molecule has 5 nitrogen and oxygen atoms in total. The molecule has 13 aromatic rings. The Labute approximate surface area is 343 Å². The highest BCUT2D eigenvalue weighted by Gasteiger charge is 2.25. The molecule has 13 rings (SSSR count). The average molecular weight is 765 g/mol. The number of hydrogen-bond acceptors (Lipinski definition) is 4. The van der Waals surface area contributed by atoms with Crippen LogP contribution in [-0.4, -0.2) is 19.5 Å². The topological polar surface area (TPSA) is 56.7 Å². The van der Waals surface area contributed by atoms with Crippen molar-refractivity contribution in [1.29, 1.82) is 0 Å². The molecular formula is C55H32N4O. The molecule has 0 saturated heterocycles. The van der Waals surface area contributed by atoms with Crippen LogP contribution >= 0.6 is 0 Å². The van der Waals surface area contributed by atoms with Gasteiger partial charge in [0, 0.05) is 32.8 Å². The molecule has 0 aliphatic heterocycles. The summed E-state index contributed by atoms with van der Waals surface area (Å²) in [4.78, 5) is 16.0. The third-order valence-electron chi connectivity index (χ3n) is 12.2. The van der Waals surface area contributed by atoms with Gasteiger partial charge < -0.3 is 8.98 Å². The Morgan fingerprint density at radius 2 is 0.867 bits per heavy atom. The zero-order valence-electron chi connectivity index (χ0n) is 32.2. The van der Waals surface area contributed by atoms with E-state index in [-0.39, 0.29) is 0 Å². The standard InChI is InChI=1S/C55H32N4O/c1-3-14-36-29-40(23-21-33(36)11-1)53-56-54(41-24-22-34-12-2-4-15-37(34)30-41)58-55(57-53)44-26-28-49-51(43-19-9-10-20-48(43)60-49)52(44)59-46-27-25-35-13-7-8-18-42(35)50(46)45-31-38-16-5-6-17-39(38)32-47(45)59/h1-32H. The van der Waals surface area contributed by atoms with Crippen LogP contribution in [0.2, 0.25) is 0 Å². The van der Waals surface area contributed by atoms with Crippen LogP contribution in [0.15, 0.2) is 199 Å². The van der Waals surface area contributed by atoms with Crippen LogP contribution in [0.25, 0.3) is 127 Å². The molecule has 0 aliphatic carbocycles. The molecule has 0 spiro atoms. The van der Waals surface area contributed by atoms with Crippen molar-refractivity contribution in [1.82, 2.24) is 19.5 Å². The Balaban J connectivity index is 1.18. The zero-order chi connectivity index (χ0) is 39.3. The molecule has 0 unspecified atom stereocenters. The largest absolute Gasteiger partial charge is 0.456 e. The third-order valence-corrected chi connectivity index (χ3v) is 12.2. The minimum atomic E-state index is 0.579. The van der Waals surface area contributed by atoms with Crippen molar-refractivity contribution < 1.29 is 4.42 Å². The fourth-order valence-corrected chi connectivity index (χ4v) is 9.34. The molecule has 0 saturated carbocycles. The van der Waals surface area contributed by atoms with Gasteiger partial charge in [0.05, 0.1) is 22.1 Å². The van der Waals surface area contributed by atoms with Crippen molar-refractivity contribution in [3.05, 3.63) is 194 Å². The lowest BCUT2D eigenvalue weighted by Crippen LogP contribution is -2.04. The minimum Gasteiger partial charge on any atom is -0.456 e. The van der Waals surface area contributed by atoms with Crippen molar-refractivity contribution in [2.45, 2.75) is 0 Å². The predicted octanol–water partition coefficient (Wildman–Crippen LogP) is 14.5. The maximum atomic E-state index is 6.65. The van der Waals surface area contributed by atoms with E-state index in [1.54, 1.807) is 0 Å². The molecule has 0 bridgehead atoms. The second-order valence-corrected chi connectivity index (χ2v) is 15.6.